The first-order valence-electron chi connectivity index (χ1n) is 13.4. The minimum atomic E-state index is -0.479. The maximum absolute atomic E-state index is 12.5. The second-order valence-electron chi connectivity index (χ2n) is 10.5. The molecule has 2 saturated carbocycles. The zero-order valence-electron chi connectivity index (χ0n) is 21.6. The Hall–Kier alpha value is -4.22. The fourth-order valence-electron chi connectivity index (χ4n) is 5.69. The number of non-ortho nitro benzene ring substituents is 2. The SMILES string of the molecule is O=C(Nc1ccc([N+](=O)[O-])cc1)NC1CCC(C[C@H]2CCC[C@@H](NC(=O)Nc3ccc([N+](=O)[O-])cc3)C2)CC1. The van der Waals surface area contributed by atoms with Crippen molar-refractivity contribution in [3.05, 3.63) is 68.8 Å². The van der Waals surface area contributed by atoms with Crippen LogP contribution >= 0.6 is 0 Å². The first-order chi connectivity index (χ1) is 18.7. The van der Waals surface area contributed by atoms with Gasteiger partial charge >= 0.3 is 12.1 Å². The molecule has 39 heavy (non-hydrogen) atoms. The van der Waals surface area contributed by atoms with E-state index in [0.29, 0.717) is 23.2 Å². The highest BCUT2D eigenvalue weighted by atomic mass is 16.6. The van der Waals surface area contributed by atoms with Gasteiger partial charge in [-0.25, -0.2) is 9.59 Å². The quantitative estimate of drug-likeness (QED) is 0.239. The third kappa shape index (κ3) is 8.39. The van der Waals surface area contributed by atoms with Gasteiger partial charge in [-0.05, 0) is 81.0 Å². The number of benzene rings is 2. The summed E-state index contributed by atoms with van der Waals surface area (Å²) in [6, 6.07) is 11.1. The zero-order chi connectivity index (χ0) is 27.8. The van der Waals surface area contributed by atoms with Gasteiger partial charge < -0.3 is 21.3 Å². The fourth-order valence-corrected chi connectivity index (χ4v) is 5.69. The van der Waals surface area contributed by atoms with E-state index in [1.165, 1.54) is 48.5 Å². The van der Waals surface area contributed by atoms with Gasteiger partial charge in [0.2, 0.25) is 0 Å². The van der Waals surface area contributed by atoms with Gasteiger partial charge in [0.1, 0.15) is 0 Å². The van der Waals surface area contributed by atoms with E-state index in [9.17, 15) is 29.8 Å². The molecule has 0 aromatic heterocycles. The molecule has 2 aromatic carbocycles. The summed E-state index contributed by atoms with van der Waals surface area (Å²) in [5, 5.41) is 33.1. The number of hydrogen-bond donors (Lipinski definition) is 4. The van der Waals surface area contributed by atoms with Crippen LogP contribution in [0.2, 0.25) is 0 Å². The Labute approximate surface area is 226 Å². The van der Waals surface area contributed by atoms with Gasteiger partial charge in [-0.2, -0.15) is 0 Å². The van der Waals surface area contributed by atoms with E-state index < -0.39 is 9.85 Å². The van der Waals surface area contributed by atoms with Crippen molar-refractivity contribution in [2.45, 2.75) is 69.9 Å². The van der Waals surface area contributed by atoms with Crippen molar-refractivity contribution in [2.75, 3.05) is 10.6 Å². The van der Waals surface area contributed by atoms with Crippen LogP contribution in [-0.4, -0.2) is 34.0 Å². The van der Waals surface area contributed by atoms with E-state index in [0.717, 1.165) is 57.8 Å². The van der Waals surface area contributed by atoms with Gasteiger partial charge in [-0.3, -0.25) is 20.2 Å². The fraction of sp³-hybridized carbons (Fsp3) is 0.481. The van der Waals surface area contributed by atoms with Gasteiger partial charge in [0.15, 0.2) is 0 Å². The van der Waals surface area contributed by atoms with Crippen LogP contribution < -0.4 is 21.3 Å². The number of urea groups is 2. The van der Waals surface area contributed by atoms with E-state index in [1.54, 1.807) is 0 Å². The van der Waals surface area contributed by atoms with E-state index >= 15 is 0 Å². The molecule has 2 aliphatic carbocycles. The predicted molar refractivity (Wildman–Crippen MR) is 147 cm³/mol. The number of nitrogens with zero attached hydrogens (tertiary/aromatic N) is 2. The van der Waals surface area contributed by atoms with E-state index in [1.807, 2.05) is 0 Å². The molecule has 12 nitrogen and oxygen atoms in total. The molecular weight excluding hydrogens is 504 g/mol. The Morgan fingerprint density at radius 2 is 1.15 bits per heavy atom. The normalized spacial score (nSPS) is 22.8. The van der Waals surface area contributed by atoms with Crippen molar-refractivity contribution in [3.63, 3.8) is 0 Å². The highest BCUT2D eigenvalue weighted by molar-refractivity contribution is 5.90. The lowest BCUT2D eigenvalue weighted by atomic mass is 9.75. The second kappa shape index (κ2) is 13.0. The number of nitro groups is 2. The number of amides is 4. The molecule has 4 amide bonds. The number of carbonyl (C=O) groups excluding carboxylic acids is 2. The molecule has 0 heterocycles. The smallest absolute Gasteiger partial charge is 0.319 e. The highest BCUT2D eigenvalue weighted by Crippen LogP contribution is 2.35. The third-order valence-corrected chi connectivity index (χ3v) is 7.64. The maximum Gasteiger partial charge on any atom is 0.319 e. The van der Waals surface area contributed by atoms with Crippen molar-refractivity contribution < 1.29 is 19.4 Å². The molecule has 4 N–H and O–H groups in total. The van der Waals surface area contributed by atoms with Crippen LogP contribution in [0.5, 0.6) is 0 Å². The zero-order valence-corrected chi connectivity index (χ0v) is 21.6. The topological polar surface area (TPSA) is 169 Å². The Morgan fingerprint density at radius 1 is 0.667 bits per heavy atom. The minimum absolute atomic E-state index is 0.0218. The summed E-state index contributed by atoms with van der Waals surface area (Å²) in [6.45, 7) is 0. The molecule has 2 aliphatic rings. The number of anilines is 2. The Kier molecular flexibility index (Phi) is 9.29. The molecule has 12 heteroatoms. The molecule has 2 fully saturated rings. The Balaban J connectivity index is 1.15. The summed E-state index contributed by atoms with van der Waals surface area (Å²) in [7, 11) is 0. The lowest BCUT2D eigenvalue weighted by Crippen LogP contribution is -2.42. The Morgan fingerprint density at radius 3 is 1.64 bits per heavy atom. The summed E-state index contributed by atoms with van der Waals surface area (Å²) >= 11 is 0. The maximum atomic E-state index is 12.5. The molecule has 0 bridgehead atoms. The van der Waals surface area contributed by atoms with Crippen LogP contribution in [0, 0.1) is 32.1 Å². The third-order valence-electron chi connectivity index (χ3n) is 7.64. The monoisotopic (exact) mass is 538 g/mol. The summed E-state index contributed by atoms with van der Waals surface area (Å²) in [6.07, 6.45) is 9.09. The van der Waals surface area contributed by atoms with Crippen molar-refractivity contribution in [1.82, 2.24) is 10.6 Å². The highest BCUT2D eigenvalue weighted by Gasteiger charge is 2.28. The molecule has 0 radical (unpaired) electrons. The van der Waals surface area contributed by atoms with Gasteiger partial charge in [0.05, 0.1) is 9.85 Å². The summed E-state index contributed by atoms with van der Waals surface area (Å²) in [5.41, 5.74) is 0.974. The summed E-state index contributed by atoms with van der Waals surface area (Å²) in [4.78, 5) is 45.4. The standard InChI is InChI=1S/C27H34N6O6/c34-26(29-21-8-12-24(13-9-21)32(36)37)28-20-6-4-18(5-7-20)16-19-2-1-3-23(17-19)31-27(35)30-22-10-14-25(15-11-22)33(38)39/h8-15,18-20,23H,1-7,16-17H2,(H2,28,29,34)(H2,30,31,35)/t18?,19-,20?,23-/m1/s1. The van der Waals surface area contributed by atoms with Crippen molar-refractivity contribution >= 4 is 34.8 Å². The lowest BCUT2D eigenvalue weighted by molar-refractivity contribution is -0.385. The molecular formula is C27H34N6O6. The van der Waals surface area contributed by atoms with Gasteiger partial charge in [0.25, 0.3) is 11.4 Å². The second-order valence-corrected chi connectivity index (χ2v) is 10.5. The minimum Gasteiger partial charge on any atom is -0.335 e. The molecule has 0 unspecified atom stereocenters. The van der Waals surface area contributed by atoms with E-state index in [-0.39, 0.29) is 35.5 Å². The average molecular weight is 539 g/mol. The van der Waals surface area contributed by atoms with Crippen molar-refractivity contribution in [2.24, 2.45) is 11.8 Å². The molecule has 0 aliphatic heterocycles. The van der Waals surface area contributed by atoms with Crippen LogP contribution in [0.15, 0.2) is 48.5 Å². The number of nitro benzene ring substituents is 2. The van der Waals surface area contributed by atoms with Crippen LogP contribution in [0.4, 0.5) is 32.3 Å². The van der Waals surface area contributed by atoms with Crippen molar-refractivity contribution in [1.29, 1.82) is 0 Å². The predicted octanol–water partition coefficient (Wildman–Crippen LogP) is 5.95. The van der Waals surface area contributed by atoms with E-state index in [2.05, 4.69) is 21.3 Å². The van der Waals surface area contributed by atoms with Crippen LogP contribution in [0.3, 0.4) is 0 Å². The van der Waals surface area contributed by atoms with Gasteiger partial charge in [-0.15, -0.1) is 0 Å². The van der Waals surface area contributed by atoms with Gasteiger partial charge in [-0.1, -0.05) is 12.8 Å². The average Bonchev–Trinajstić information content (AvgIpc) is 2.90. The first-order valence-corrected chi connectivity index (χ1v) is 13.4. The molecule has 4 rings (SSSR count). The molecule has 0 spiro atoms. The number of rotatable bonds is 8. The van der Waals surface area contributed by atoms with Crippen LogP contribution in [-0.2, 0) is 0 Å². The van der Waals surface area contributed by atoms with Crippen LogP contribution in [0.25, 0.3) is 0 Å². The molecule has 2 aromatic rings. The van der Waals surface area contributed by atoms with E-state index in [4.69, 9.17) is 0 Å². The summed E-state index contributed by atoms with van der Waals surface area (Å²) in [5.74, 6) is 1.14. The van der Waals surface area contributed by atoms with Gasteiger partial charge in [0, 0.05) is 47.7 Å². The number of nitrogens with one attached hydrogen (secondary N) is 4. The van der Waals surface area contributed by atoms with Crippen LogP contribution in [0.1, 0.15) is 57.8 Å². The molecule has 2 atom stereocenters. The Bertz CT molecular complexity index is 1160. The lowest BCUT2D eigenvalue weighted by Gasteiger charge is -2.35. The molecule has 208 valence electrons. The largest absolute Gasteiger partial charge is 0.335 e. The first kappa shape index (κ1) is 27.8. The summed E-state index contributed by atoms with van der Waals surface area (Å²) < 4.78 is 0. The molecule has 0 saturated heterocycles. The van der Waals surface area contributed by atoms with Crippen molar-refractivity contribution in [3.8, 4) is 0 Å². The number of carbonyl (C=O) groups is 2. The number of hydrogen-bond acceptors (Lipinski definition) is 6.